The van der Waals surface area contributed by atoms with Crippen LogP contribution in [0.4, 0.5) is 5.95 Å². The molecule has 0 aliphatic heterocycles. The number of nitrogen functional groups attached to an aromatic ring is 1. The molecule has 5 nitrogen and oxygen atoms in total. The van der Waals surface area contributed by atoms with Gasteiger partial charge in [0.05, 0.1) is 0 Å². The fourth-order valence-electron chi connectivity index (χ4n) is 1.48. The predicted octanol–water partition coefficient (Wildman–Crippen LogP) is 1.03. The van der Waals surface area contributed by atoms with Gasteiger partial charge in [0.2, 0.25) is 0 Å². The molecule has 2 aromatic rings. The summed E-state index contributed by atoms with van der Waals surface area (Å²) in [6.07, 6.45) is 5.11. The zero-order valence-electron chi connectivity index (χ0n) is 9.27. The Balaban J connectivity index is 2.62. The molecule has 2 aromatic heterocycles. The Bertz CT molecular complexity index is 682. The van der Waals surface area contributed by atoms with Crippen molar-refractivity contribution in [3.05, 3.63) is 26.0 Å². The number of allylic oxidation sites excluding steroid dienone is 2. The summed E-state index contributed by atoms with van der Waals surface area (Å²) in [4.78, 5) is 18.4. The normalized spacial score (nSPS) is 11.6. The van der Waals surface area contributed by atoms with Crippen molar-refractivity contribution < 1.29 is 0 Å². The van der Waals surface area contributed by atoms with Crippen molar-refractivity contribution in [2.24, 2.45) is 0 Å². The summed E-state index contributed by atoms with van der Waals surface area (Å²) in [7, 11) is 0. The minimum atomic E-state index is -0.188. The van der Waals surface area contributed by atoms with Gasteiger partial charge in [0, 0.05) is 0 Å². The van der Waals surface area contributed by atoms with Gasteiger partial charge in [-0.25, -0.2) is 0 Å². The van der Waals surface area contributed by atoms with E-state index in [1.165, 1.54) is 11.3 Å². The molecule has 0 aliphatic rings. The van der Waals surface area contributed by atoms with E-state index in [0.29, 0.717) is 16.9 Å². The van der Waals surface area contributed by atoms with E-state index in [9.17, 15) is 4.79 Å². The second kappa shape index (κ2) is 4.99. The third-order valence-corrected chi connectivity index (χ3v) is 4.19. The Kier molecular flexibility index (Phi) is 3.61. The number of nitrogens with two attached hydrogens (primary N) is 1. The second-order valence-corrected chi connectivity index (χ2v) is 5.86. The monoisotopic (exact) mass is 316 g/mol. The molecular formula is C10H12N4OSSe. The summed E-state index contributed by atoms with van der Waals surface area (Å²) >= 11 is 4.33. The molecule has 0 aromatic carbocycles. The fraction of sp³-hybridized carbons (Fsp3) is 0.300. The second-order valence-electron chi connectivity index (χ2n) is 3.46. The van der Waals surface area contributed by atoms with E-state index in [4.69, 9.17) is 5.73 Å². The predicted molar refractivity (Wildman–Crippen MR) is 71.1 cm³/mol. The molecule has 0 atom stereocenters. The van der Waals surface area contributed by atoms with Crippen LogP contribution >= 0.6 is 11.3 Å². The first-order chi connectivity index (χ1) is 8.13. The molecule has 0 aliphatic carbocycles. The average molecular weight is 315 g/mol. The topological polar surface area (TPSA) is 76.7 Å². The van der Waals surface area contributed by atoms with Crippen molar-refractivity contribution in [1.29, 1.82) is 0 Å². The van der Waals surface area contributed by atoms with Crippen LogP contribution in [-0.4, -0.2) is 30.1 Å². The number of hydrogen-bond donors (Lipinski definition) is 2. The molecule has 0 spiro atoms. The van der Waals surface area contributed by atoms with Gasteiger partial charge in [0.15, 0.2) is 0 Å². The van der Waals surface area contributed by atoms with E-state index >= 15 is 0 Å². The Hall–Kier alpha value is -1.17. The molecular weight excluding hydrogens is 303 g/mol. The van der Waals surface area contributed by atoms with Gasteiger partial charge in [-0.15, -0.1) is 0 Å². The summed E-state index contributed by atoms with van der Waals surface area (Å²) in [5.74, 6) is 0.147. The molecule has 0 bridgehead atoms. The molecule has 0 saturated carbocycles. The zero-order chi connectivity index (χ0) is 12.4. The molecule has 0 unspecified atom stereocenters. The van der Waals surface area contributed by atoms with Gasteiger partial charge >= 0.3 is 109 Å². The molecule has 2 rings (SSSR count). The number of H-pyrrole nitrogens is 1. The van der Waals surface area contributed by atoms with Crippen LogP contribution in [0.2, 0.25) is 0 Å². The quantitative estimate of drug-likeness (QED) is 0.656. The van der Waals surface area contributed by atoms with E-state index in [1.54, 1.807) is 0 Å². The van der Waals surface area contributed by atoms with Gasteiger partial charge in [-0.3, -0.25) is 0 Å². The third kappa shape index (κ3) is 2.41. The number of nitrogens with one attached hydrogen (secondary N) is 1. The molecule has 0 radical (unpaired) electrons. The van der Waals surface area contributed by atoms with Gasteiger partial charge in [0.25, 0.3) is 0 Å². The third-order valence-electron chi connectivity index (χ3n) is 2.23. The first kappa shape index (κ1) is 12.3. The van der Waals surface area contributed by atoms with Crippen LogP contribution in [0, 0.1) is 3.51 Å². The van der Waals surface area contributed by atoms with E-state index in [0.717, 1.165) is 9.93 Å². The van der Waals surface area contributed by atoms with Crippen LogP contribution in [0.15, 0.2) is 16.9 Å². The molecule has 17 heavy (non-hydrogen) atoms. The van der Waals surface area contributed by atoms with Crippen molar-refractivity contribution in [2.45, 2.75) is 19.9 Å². The summed E-state index contributed by atoms with van der Waals surface area (Å²) in [5, 5.41) is 0. The number of fused-ring (bicyclic) bond motifs is 1. The molecule has 0 amide bonds. The SMILES string of the molecule is CCC=CCn1c(=[Se])sc2c(=O)[nH]c(N)nc21. The summed E-state index contributed by atoms with van der Waals surface area (Å²) in [6, 6.07) is 0. The van der Waals surface area contributed by atoms with E-state index < -0.39 is 0 Å². The van der Waals surface area contributed by atoms with Crippen molar-refractivity contribution in [3.63, 3.8) is 0 Å². The molecule has 7 heteroatoms. The summed E-state index contributed by atoms with van der Waals surface area (Å²) < 4.78 is 3.46. The number of aromatic amines is 1. The first-order valence-corrected chi connectivity index (χ1v) is 6.85. The number of aromatic nitrogens is 3. The van der Waals surface area contributed by atoms with Gasteiger partial charge in [-0.1, -0.05) is 0 Å². The van der Waals surface area contributed by atoms with Crippen LogP contribution in [0.5, 0.6) is 0 Å². The zero-order valence-corrected chi connectivity index (χ0v) is 11.8. The van der Waals surface area contributed by atoms with Gasteiger partial charge in [-0.2, -0.15) is 0 Å². The number of thiazole rings is 1. The van der Waals surface area contributed by atoms with Crippen LogP contribution < -0.4 is 11.3 Å². The van der Waals surface area contributed by atoms with Crippen molar-refractivity contribution in [1.82, 2.24) is 14.5 Å². The average Bonchev–Trinajstić information content (AvgIpc) is 2.57. The van der Waals surface area contributed by atoms with Crippen molar-refractivity contribution in [2.75, 3.05) is 5.73 Å². The Morgan fingerprint density at radius 2 is 2.35 bits per heavy atom. The Morgan fingerprint density at radius 1 is 1.59 bits per heavy atom. The minimum absolute atomic E-state index is 0.147. The van der Waals surface area contributed by atoms with Crippen molar-refractivity contribution >= 4 is 43.2 Å². The molecule has 0 saturated heterocycles. The van der Waals surface area contributed by atoms with E-state index in [-0.39, 0.29) is 11.5 Å². The number of anilines is 1. The van der Waals surface area contributed by atoms with Crippen LogP contribution in [-0.2, 0) is 6.54 Å². The maximum atomic E-state index is 11.7. The Morgan fingerprint density at radius 3 is 3.06 bits per heavy atom. The number of rotatable bonds is 3. The molecule has 2 heterocycles. The van der Waals surface area contributed by atoms with Crippen LogP contribution in [0.3, 0.4) is 0 Å². The van der Waals surface area contributed by atoms with E-state index in [2.05, 4.69) is 38.5 Å². The van der Waals surface area contributed by atoms with Gasteiger partial charge < -0.3 is 0 Å². The molecule has 3 N–H and O–H groups in total. The summed E-state index contributed by atoms with van der Waals surface area (Å²) in [5.41, 5.74) is 6.00. The van der Waals surface area contributed by atoms with Crippen molar-refractivity contribution in [3.8, 4) is 0 Å². The first-order valence-electron chi connectivity index (χ1n) is 5.17. The molecule has 0 fully saturated rings. The number of nitrogens with zero attached hydrogens (tertiary/aromatic N) is 2. The maximum absolute atomic E-state index is 11.7. The van der Waals surface area contributed by atoms with Crippen LogP contribution in [0.25, 0.3) is 10.3 Å². The standard InChI is InChI=1S/C10H12N4OSSe/c1-2-3-4-5-14-7-6(16-10(14)17)8(15)13-9(11)12-7/h3-4H,2,5H2,1H3,(H3,11,12,13,15). The fourth-order valence-corrected chi connectivity index (χ4v) is 3.18. The number of hydrogen-bond acceptors (Lipinski definition) is 4. The summed E-state index contributed by atoms with van der Waals surface area (Å²) in [6.45, 7) is 2.76. The van der Waals surface area contributed by atoms with Gasteiger partial charge in [0.1, 0.15) is 0 Å². The van der Waals surface area contributed by atoms with E-state index in [1.807, 2.05) is 10.6 Å². The Labute approximate surface area is 109 Å². The molecule has 90 valence electrons. The van der Waals surface area contributed by atoms with Crippen LogP contribution in [0.1, 0.15) is 13.3 Å². The van der Waals surface area contributed by atoms with Gasteiger partial charge in [-0.05, 0) is 0 Å².